The summed E-state index contributed by atoms with van der Waals surface area (Å²) in [4.78, 5) is 0. The summed E-state index contributed by atoms with van der Waals surface area (Å²) in [5, 5.41) is 3.35. The number of nitrogens with one attached hydrogen (secondary N) is 1. The molecule has 100 valence electrons. The molecule has 1 nitrogen and oxygen atoms in total. The highest BCUT2D eigenvalue weighted by atomic mass is 79.9. The van der Waals surface area contributed by atoms with E-state index in [0.717, 1.165) is 11.0 Å². The van der Waals surface area contributed by atoms with Gasteiger partial charge in [-0.2, -0.15) is 0 Å². The fourth-order valence-electron chi connectivity index (χ4n) is 2.05. The molecule has 3 heteroatoms. The van der Waals surface area contributed by atoms with Crippen molar-refractivity contribution in [3.8, 4) is 0 Å². The van der Waals surface area contributed by atoms with Gasteiger partial charge in [-0.1, -0.05) is 45.8 Å². The fourth-order valence-corrected chi connectivity index (χ4v) is 2.43. The molecule has 0 aliphatic rings. The van der Waals surface area contributed by atoms with Crippen molar-refractivity contribution < 1.29 is 4.39 Å². The van der Waals surface area contributed by atoms with Crippen LogP contribution in [0.2, 0.25) is 0 Å². The van der Waals surface area contributed by atoms with Crippen molar-refractivity contribution in [1.82, 2.24) is 5.32 Å². The molecule has 1 atom stereocenters. The molecule has 0 spiro atoms. The lowest BCUT2D eigenvalue weighted by Crippen LogP contribution is -2.19. The van der Waals surface area contributed by atoms with Crippen molar-refractivity contribution in [1.29, 1.82) is 0 Å². The minimum atomic E-state index is -0.174. The summed E-state index contributed by atoms with van der Waals surface area (Å²) in [5.74, 6) is -0.174. The van der Waals surface area contributed by atoms with E-state index < -0.39 is 0 Å². The highest BCUT2D eigenvalue weighted by molar-refractivity contribution is 9.10. The number of halogens is 2. The Bertz CT molecular complexity index is 568. The molecular formula is C16H17BrFN. The van der Waals surface area contributed by atoms with Gasteiger partial charge in [-0.25, -0.2) is 4.39 Å². The highest BCUT2D eigenvalue weighted by Crippen LogP contribution is 2.21. The minimum absolute atomic E-state index is 0.0296. The molecule has 0 radical (unpaired) electrons. The van der Waals surface area contributed by atoms with Crippen LogP contribution in [0, 0.1) is 12.7 Å². The Morgan fingerprint density at radius 2 is 2.00 bits per heavy atom. The number of hydrogen-bond donors (Lipinski definition) is 1. The van der Waals surface area contributed by atoms with E-state index in [0.29, 0.717) is 5.56 Å². The summed E-state index contributed by atoms with van der Waals surface area (Å²) in [6, 6.07) is 13.3. The standard InChI is InChI=1S/C16H17BrFN/c1-11-4-3-5-13(8-11)10-19-12(2)15-9-14(17)6-7-16(15)18/h3-9,12,19H,10H2,1-2H3. The summed E-state index contributed by atoms with van der Waals surface area (Å²) < 4.78 is 14.6. The van der Waals surface area contributed by atoms with Crippen molar-refractivity contribution in [3.05, 3.63) is 69.4 Å². The third-order valence-electron chi connectivity index (χ3n) is 3.12. The maximum Gasteiger partial charge on any atom is 0.128 e. The Morgan fingerprint density at radius 3 is 2.74 bits per heavy atom. The van der Waals surface area contributed by atoms with Crippen molar-refractivity contribution in [2.75, 3.05) is 0 Å². The van der Waals surface area contributed by atoms with Gasteiger partial charge in [-0.3, -0.25) is 0 Å². The molecular weight excluding hydrogens is 305 g/mol. The first-order valence-corrected chi connectivity index (χ1v) is 7.09. The van der Waals surface area contributed by atoms with E-state index in [-0.39, 0.29) is 11.9 Å². The van der Waals surface area contributed by atoms with Gasteiger partial charge in [0.2, 0.25) is 0 Å². The number of aryl methyl sites for hydroxylation is 1. The van der Waals surface area contributed by atoms with Crippen molar-refractivity contribution in [3.63, 3.8) is 0 Å². The average Bonchev–Trinajstić information content (AvgIpc) is 2.39. The van der Waals surface area contributed by atoms with Gasteiger partial charge in [0.1, 0.15) is 5.82 Å². The lowest BCUT2D eigenvalue weighted by atomic mass is 10.1. The lowest BCUT2D eigenvalue weighted by Gasteiger charge is -2.15. The van der Waals surface area contributed by atoms with E-state index in [1.165, 1.54) is 17.2 Å². The largest absolute Gasteiger partial charge is 0.306 e. The maximum atomic E-state index is 13.7. The van der Waals surface area contributed by atoms with Gasteiger partial charge in [-0.15, -0.1) is 0 Å². The van der Waals surface area contributed by atoms with Gasteiger partial charge in [0, 0.05) is 22.6 Å². The van der Waals surface area contributed by atoms with Gasteiger partial charge in [0.25, 0.3) is 0 Å². The first-order valence-electron chi connectivity index (χ1n) is 6.30. The maximum absolute atomic E-state index is 13.7. The summed E-state index contributed by atoms with van der Waals surface area (Å²) in [6.07, 6.45) is 0. The number of rotatable bonds is 4. The van der Waals surface area contributed by atoms with Gasteiger partial charge >= 0.3 is 0 Å². The molecule has 0 fully saturated rings. The van der Waals surface area contributed by atoms with Crippen LogP contribution in [0.25, 0.3) is 0 Å². The quantitative estimate of drug-likeness (QED) is 0.857. The predicted molar refractivity (Wildman–Crippen MR) is 80.5 cm³/mol. The zero-order valence-electron chi connectivity index (χ0n) is 11.1. The minimum Gasteiger partial charge on any atom is -0.306 e. The van der Waals surface area contributed by atoms with Crippen LogP contribution in [0.1, 0.15) is 29.7 Å². The molecule has 1 N–H and O–H groups in total. The number of benzene rings is 2. The highest BCUT2D eigenvalue weighted by Gasteiger charge is 2.10. The second kappa shape index (κ2) is 6.31. The van der Waals surface area contributed by atoms with Gasteiger partial charge in [-0.05, 0) is 37.6 Å². The Balaban J connectivity index is 2.05. The van der Waals surface area contributed by atoms with E-state index in [1.807, 2.05) is 19.1 Å². The normalized spacial score (nSPS) is 12.4. The van der Waals surface area contributed by atoms with E-state index in [4.69, 9.17) is 0 Å². The molecule has 2 aromatic carbocycles. The first-order chi connectivity index (χ1) is 9.06. The van der Waals surface area contributed by atoms with Crippen LogP contribution in [0.4, 0.5) is 4.39 Å². The Kier molecular flexibility index (Phi) is 4.72. The predicted octanol–water partition coefficient (Wildman–Crippen LogP) is 4.75. The van der Waals surface area contributed by atoms with Crippen LogP contribution in [-0.2, 0) is 6.54 Å². The SMILES string of the molecule is Cc1cccc(CNC(C)c2cc(Br)ccc2F)c1. The van der Waals surface area contributed by atoms with Crippen LogP contribution in [-0.4, -0.2) is 0 Å². The number of hydrogen-bond acceptors (Lipinski definition) is 1. The molecule has 2 rings (SSSR count). The monoisotopic (exact) mass is 321 g/mol. The molecule has 0 bridgehead atoms. The molecule has 0 saturated carbocycles. The van der Waals surface area contributed by atoms with E-state index in [1.54, 1.807) is 6.07 Å². The molecule has 0 aliphatic carbocycles. The van der Waals surface area contributed by atoms with Crippen LogP contribution < -0.4 is 5.32 Å². The molecule has 0 aromatic heterocycles. The fraction of sp³-hybridized carbons (Fsp3) is 0.250. The zero-order valence-corrected chi connectivity index (χ0v) is 12.7. The third-order valence-corrected chi connectivity index (χ3v) is 3.61. The van der Waals surface area contributed by atoms with Crippen LogP contribution >= 0.6 is 15.9 Å². The van der Waals surface area contributed by atoms with E-state index in [9.17, 15) is 4.39 Å². The Hall–Kier alpha value is -1.19. The topological polar surface area (TPSA) is 12.0 Å². The molecule has 1 unspecified atom stereocenters. The van der Waals surface area contributed by atoms with Crippen LogP contribution in [0.3, 0.4) is 0 Å². The van der Waals surface area contributed by atoms with Crippen LogP contribution in [0.15, 0.2) is 46.9 Å². The molecule has 0 heterocycles. The Morgan fingerprint density at radius 1 is 1.21 bits per heavy atom. The summed E-state index contributed by atoms with van der Waals surface area (Å²) >= 11 is 3.38. The Labute approximate surface area is 122 Å². The summed E-state index contributed by atoms with van der Waals surface area (Å²) in [6.45, 7) is 4.77. The molecule has 2 aromatic rings. The third kappa shape index (κ3) is 3.88. The molecule has 0 saturated heterocycles. The second-order valence-corrected chi connectivity index (χ2v) is 5.67. The van der Waals surface area contributed by atoms with E-state index >= 15 is 0 Å². The summed E-state index contributed by atoms with van der Waals surface area (Å²) in [5.41, 5.74) is 3.13. The second-order valence-electron chi connectivity index (χ2n) is 4.76. The van der Waals surface area contributed by atoms with Gasteiger partial charge in [0.05, 0.1) is 0 Å². The smallest absolute Gasteiger partial charge is 0.128 e. The molecule has 0 amide bonds. The van der Waals surface area contributed by atoms with Gasteiger partial charge < -0.3 is 5.32 Å². The van der Waals surface area contributed by atoms with E-state index in [2.05, 4.69) is 46.4 Å². The van der Waals surface area contributed by atoms with Crippen LogP contribution in [0.5, 0.6) is 0 Å². The van der Waals surface area contributed by atoms with Gasteiger partial charge in [0.15, 0.2) is 0 Å². The molecule has 0 aliphatic heterocycles. The van der Waals surface area contributed by atoms with Crippen molar-refractivity contribution in [2.24, 2.45) is 0 Å². The van der Waals surface area contributed by atoms with Crippen molar-refractivity contribution >= 4 is 15.9 Å². The van der Waals surface area contributed by atoms with Crippen molar-refractivity contribution in [2.45, 2.75) is 26.4 Å². The zero-order chi connectivity index (χ0) is 13.8. The lowest BCUT2D eigenvalue weighted by molar-refractivity contribution is 0.528. The molecule has 19 heavy (non-hydrogen) atoms. The average molecular weight is 322 g/mol. The first kappa shape index (κ1) is 14.2. The summed E-state index contributed by atoms with van der Waals surface area (Å²) in [7, 11) is 0.